The first-order valence-corrected chi connectivity index (χ1v) is 8.67. The molecule has 0 radical (unpaired) electrons. The van der Waals surface area contributed by atoms with Crippen LogP contribution in [0, 0.1) is 0 Å². The number of azo groups is 1. The van der Waals surface area contributed by atoms with Crippen LogP contribution in [-0.4, -0.2) is 12.8 Å². The lowest BCUT2D eigenvalue weighted by Gasteiger charge is -2.03. The Bertz CT molecular complexity index is 854. The van der Waals surface area contributed by atoms with Crippen molar-refractivity contribution in [3.8, 4) is 5.75 Å². The van der Waals surface area contributed by atoms with Crippen LogP contribution in [0.15, 0.2) is 94.1 Å². The van der Waals surface area contributed by atoms with Gasteiger partial charge in [-0.1, -0.05) is 25.1 Å². The molecule has 0 aliphatic heterocycles. The van der Waals surface area contributed by atoms with Crippen LogP contribution in [0.5, 0.6) is 5.75 Å². The summed E-state index contributed by atoms with van der Waals surface area (Å²) in [5, 5.41) is 8.43. The highest BCUT2D eigenvalue weighted by molar-refractivity contribution is 5.82. The van der Waals surface area contributed by atoms with E-state index in [2.05, 4.69) is 22.1 Å². The van der Waals surface area contributed by atoms with Crippen molar-refractivity contribution in [2.24, 2.45) is 15.2 Å². The molecule has 0 aliphatic rings. The highest BCUT2D eigenvalue weighted by Crippen LogP contribution is 2.21. The number of aliphatic imine (C=N–C) groups is 1. The SMILES string of the molecule is CCCOc1ccc(C=Nc2ccc(N=Nc3ccccc3)cc2)cc1. The summed E-state index contributed by atoms with van der Waals surface area (Å²) in [4.78, 5) is 4.49. The third kappa shape index (κ3) is 5.38. The lowest BCUT2D eigenvalue weighted by Crippen LogP contribution is -1.94. The summed E-state index contributed by atoms with van der Waals surface area (Å²) in [6.45, 7) is 2.83. The second-order valence-corrected chi connectivity index (χ2v) is 5.73. The fourth-order valence-corrected chi connectivity index (χ4v) is 2.23. The minimum absolute atomic E-state index is 0.737. The van der Waals surface area contributed by atoms with Gasteiger partial charge in [0.05, 0.1) is 23.7 Å². The molecule has 4 heteroatoms. The van der Waals surface area contributed by atoms with E-state index in [0.717, 1.165) is 41.4 Å². The van der Waals surface area contributed by atoms with Crippen molar-refractivity contribution in [1.82, 2.24) is 0 Å². The van der Waals surface area contributed by atoms with E-state index in [-0.39, 0.29) is 0 Å². The zero-order valence-corrected chi connectivity index (χ0v) is 14.7. The van der Waals surface area contributed by atoms with Gasteiger partial charge >= 0.3 is 0 Å². The van der Waals surface area contributed by atoms with Gasteiger partial charge in [-0.2, -0.15) is 10.2 Å². The Balaban J connectivity index is 1.60. The van der Waals surface area contributed by atoms with Crippen LogP contribution in [0.25, 0.3) is 0 Å². The first-order chi connectivity index (χ1) is 12.8. The van der Waals surface area contributed by atoms with Crippen molar-refractivity contribution >= 4 is 23.3 Å². The second-order valence-electron chi connectivity index (χ2n) is 5.73. The Morgan fingerprint density at radius 2 is 1.35 bits per heavy atom. The molecule has 0 fully saturated rings. The van der Waals surface area contributed by atoms with E-state index >= 15 is 0 Å². The summed E-state index contributed by atoms with van der Waals surface area (Å²) in [7, 11) is 0. The predicted octanol–water partition coefficient (Wildman–Crippen LogP) is 6.64. The fourth-order valence-electron chi connectivity index (χ4n) is 2.23. The largest absolute Gasteiger partial charge is 0.494 e. The van der Waals surface area contributed by atoms with Crippen LogP contribution in [0.1, 0.15) is 18.9 Å². The Hall–Kier alpha value is -3.27. The zero-order chi connectivity index (χ0) is 18.0. The van der Waals surface area contributed by atoms with Gasteiger partial charge in [-0.25, -0.2) is 0 Å². The molecule has 0 unspecified atom stereocenters. The summed E-state index contributed by atoms with van der Waals surface area (Å²) in [5.41, 5.74) is 3.53. The smallest absolute Gasteiger partial charge is 0.119 e. The molecule has 0 aliphatic carbocycles. The number of nitrogens with zero attached hydrogens (tertiary/aromatic N) is 3. The minimum Gasteiger partial charge on any atom is -0.494 e. The highest BCUT2D eigenvalue weighted by atomic mass is 16.5. The molecule has 3 aromatic carbocycles. The minimum atomic E-state index is 0.737. The standard InChI is InChI=1S/C22H21N3O/c1-2-16-26-22-14-8-18(9-15-22)17-23-19-10-12-21(13-11-19)25-24-20-6-4-3-5-7-20/h3-15,17H,2,16H2,1H3. The Morgan fingerprint density at radius 3 is 2.00 bits per heavy atom. The molecule has 0 saturated carbocycles. The van der Waals surface area contributed by atoms with Crippen molar-refractivity contribution in [3.05, 3.63) is 84.4 Å². The average molecular weight is 343 g/mol. The summed E-state index contributed by atoms with van der Waals surface area (Å²) in [5.74, 6) is 0.886. The van der Waals surface area contributed by atoms with Gasteiger partial charge < -0.3 is 4.74 Å². The van der Waals surface area contributed by atoms with E-state index in [0.29, 0.717) is 0 Å². The van der Waals surface area contributed by atoms with E-state index in [1.807, 2.05) is 85.1 Å². The Labute approximate surface area is 153 Å². The Kier molecular flexibility index (Phi) is 6.26. The number of ether oxygens (including phenoxy) is 1. The zero-order valence-electron chi connectivity index (χ0n) is 14.7. The molecule has 0 spiro atoms. The number of rotatable bonds is 7. The number of benzene rings is 3. The molecule has 4 nitrogen and oxygen atoms in total. The molecule has 0 heterocycles. The third-order valence-electron chi connectivity index (χ3n) is 3.60. The van der Waals surface area contributed by atoms with E-state index in [1.54, 1.807) is 0 Å². The molecule has 0 N–H and O–H groups in total. The average Bonchev–Trinajstić information content (AvgIpc) is 2.71. The van der Waals surface area contributed by atoms with Gasteiger partial charge in [0, 0.05) is 6.21 Å². The lowest BCUT2D eigenvalue weighted by molar-refractivity contribution is 0.317. The molecular formula is C22H21N3O. The molecule has 3 rings (SSSR count). The van der Waals surface area contributed by atoms with E-state index < -0.39 is 0 Å². The third-order valence-corrected chi connectivity index (χ3v) is 3.60. The van der Waals surface area contributed by atoms with E-state index in [1.165, 1.54) is 0 Å². The van der Waals surface area contributed by atoms with Gasteiger partial charge in [-0.05, 0) is 72.6 Å². The maximum absolute atomic E-state index is 5.58. The number of hydrogen-bond donors (Lipinski definition) is 0. The maximum atomic E-state index is 5.58. The topological polar surface area (TPSA) is 46.3 Å². The fraction of sp³-hybridized carbons (Fsp3) is 0.136. The monoisotopic (exact) mass is 343 g/mol. The van der Waals surface area contributed by atoms with Crippen LogP contribution < -0.4 is 4.74 Å². The van der Waals surface area contributed by atoms with Crippen LogP contribution >= 0.6 is 0 Å². The van der Waals surface area contributed by atoms with Crippen LogP contribution in [-0.2, 0) is 0 Å². The molecule has 0 amide bonds. The van der Waals surface area contributed by atoms with E-state index in [4.69, 9.17) is 4.74 Å². The lowest BCUT2D eigenvalue weighted by atomic mass is 10.2. The summed E-state index contributed by atoms with van der Waals surface area (Å²) in [6.07, 6.45) is 2.84. The summed E-state index contributed by atoms with van der Waals surface area (Å²) in [6, 6.07) is 25.2. The molecule has 0 atom stereocenters. The van der Waals surface area contributed by atoms with Gasteiger partial charge in [0.15, 0.2) is 0 Å². The molecule has 0 bridgehead atoms. The van der Waals surface area contributed by atoms with Crippen molar-refractivity contribution in [2.75, 3.05) is 6.61 Å². The first kappa shape index (κ1) is 17.5. The molecule has 3 aromatic rings. The van der Waals surface area contributed by atoms with Crippen molar-refractivity contribution < 1.29 is 4.74 Å². The summed E-state index contributed by atoms with van der Waals surface area (Å²) >= 11 is 0. The van der Waals surface area contributed by atoms with Gasteiger partial charge in [-0.15, -0.1) is 0 Å². The van der Waals surface area contributed by atoms with Crippen molar-refractivity contribution in [3.63, 3.8) is 0 Å². The predicted molar refractivity (Wildman–Crippen MR) is 107 cm³/mol. The van der Waals surface area contributed by atoms with Gasteiger partial charge in [-0.3, -0.25) is 4.99 Å². The number of hydrogen-bond acceptors (Lipinski definition) is 4. The van der Waals surface area contributed by atoms with Crippen LogP contribution in [0.2, 0.25) is 0 Å². The van der Waals surface area contributed by atoms with Gasteiger partial charge in [0.25, 0.3) is 0 Å². The normalized spacial score (nSPS) is 11.3. The molecule has 0 aromatic heterocycles. The second kappa shape index (κ2) is 9.28. The van der Waals surface area contributed by atoms with Crippen LogP contribution in [0.4, 0.5) is 17.1 Å². The molecule has 26 heavy (non-hydrogen) atoms. The summed E-state index contributed by atoms with van der Waals surface area (Å²) < 4.78 is 5.58. The van der Waals surface area contributed by atoms with Gasteiger partial charge in [0.2, 0.25) is 0 Å². The Morgan fingerprint density at radius 1 is 0.731 bits per heavy atom. The van der Waals surface area contributed by atoms with E-state index in [9.17, 15) is 0 Å². The highest BCUT2D eigenvalue weighted by Gasteiger charge is 1.95. The quantitative estimate of drug-likeness (QED) is 0.350. The molecule has 130 valence electrons. The first-order valence-electron chi connectivity index (χ1n) is 8.67. The maximum Gasteiger partial charge on any atom is 0.119 e. The van der Waals surface area contributed by atoms with Crippen molar-refractivity contribution in [1.29, 1.82) is 0 Å². The molecule has 0 saturated heterocycles. The molecular weight excluding hydrogens is 322 g/mol. The van der Waals surface area contributed by atoms with Crippen molar-refractivity contribution in [2.45, 2.75) is 13.3 Å². The van der Waals surface area contributed by atoms with Gasteiger partial charge in [0.1, 0.15) is 5.75 Å². The van der Waals surface area contributed by atoms with Crippen LogP contribution in [0.3, 0.4) is 0 Å².